The summed E-state index contributed by atoms with van der Waals surface area (Å²) >= 11 is 7.28. The number of ether oxygens (including phenoxy) is 1. The summed E-state index contributed by atoms with van der Waals surface area (Å²) < 4.78 is 10.5. The van der Waals surface area contributed by atoms with Gasteiger partial charge in [-0.3, -0.25) is 19.8 Å². The summed E-state index contributed by atoms with van der Waals surface area (Å²) in [5.74, 6) is -0.0268. The molecule has 1 aliphatic rings. The summed E-state index contributed by atoms with van der Waals surface area (Å²) in [6, 6.07) is 7.66. The summed E-state index contributed by atoms with van der Waals surface area (Å²) in [6.45, 7) is 3.74. The van der Waals surface area contributed by atoms with Crippen molar-refractivity contribution in [2.24, 2.45) is 4.99 Å². The van der Waals surface area contributed by atoms with Crippen LogP contribution in [-0.2, 0) is 9.59 Å². The Morgan fingerprint density at radius 2 is 2.16 bits per heavy atom. The lowest BCUT2D eigenvalue weighted by atomic mass is 10.2. The highest BCUT2D eigenvalue weighted by atomic mass is 35.5. The zero-order valence-corrected chi connectivity index (χ0v) is 19.1. The van der Waals surface area contributed by atoms with Crippen molar-refractivity contribution in [3.8, 4) is 5.75 Å². The number of carbonyl (C=O) groups is 3. The SMILES string of the molecule is CCNC(=O)NC(=O)[C@H](C)SC1=N/C(=C\c2ccco2)C(=O)N1c1ccc(OC)c(Cl)c1. The number of hydrogen-bond donors (Lipinski definition) is 2. The van der Waals surface area contributed by atoms with Crippen molar-refractivity contribution in [2.45, 2.75) is 19.1 Å². The van der Waals surface area contributed by atoms with Crippen LogP contribution in [0.2, 0.25) is 5.02 Å². The van der Waals surface area contributed by atoms with Crippen molar-refractivity contribution in [1.29, 1.82) is 0 Å². The van der Waals surface area contributed by atoms with E-state index in [-0.39, 0.29) is 10.9 Å². The molecule has 0 fully saturated rings. The van der Waals surface area contributed by atoms with Gasteiger partial charge in [0.1, 0.15) is 17.2 Å². The van der Waals surface area contributed by atoms with Crippen LogP contribution in [0.1, 0.15) is 19.6 Å². The van der Waals surface area contributed by atoms with E-state index in [2.05, 4.69) is 15.6 Å². The minimum Gasteiger partial charge on any atom is -0.495 e. The Bertz CT molecular complexity index is 1080. The molecule has 2 N–H and O–H groups in total. The zero-order valence-electron chi connectivity index (χ0n) is 17.5. The van der Waals surface area contributed by atoms with Crippen LogP contribution in [0.3, 0.4) is 0 Å². The second-order valence-corrected chi connectivity index (χ2v) is 8.22. The molecule has 1 aromatic heterocycles. The normalized spacial score (nSPS) is 15.5. The lowest BCUT2D eigenvalue weighted by molar-refractivity contribution is -0.119. The number of benzene rings is 1. The standard InChI is InChI=1S/C21H21ClN4O5S/c1-4-23-20(29)25-18(27)12(2)32-21-24-16(11-14-6-5-9-31-14)19(28)26(21)13-7-8-17(30-3)15(22)10-13/h5-12H,4H2,1-3H3,(H2,23,25,27,29)/b16-11-/t12-/m0/s1. The second-order valence-electron chi connectivity index (χ2n) is 6.51. The number of halogens is 1. The number of urea groups is 1. The quantitative estimate of drug-likeness (QED) is 0.615. The summed E-state index contributed by atoms with van der Waals surface area (Å²) in [5, 5.41) is 4.60. The third-order valence-corrected chi connectivity index (χ3v) is 5.62. The van der Waals surface area contributed by atoms with Gasteiger partial charge in [0.05, 0.1) is 29.3 Å². The van der Waals surface area contributed by atoms with Gasteiger partial charge in [0.15, 0.2) is 5.17 Å². The molecule has 1 aromatic carbocycles. The third kappa shape index (κ3) is 5.32. The average molecular weight is 477 g/mol. The lowest BCUT2D eigenvalue weighted by Gasteiger charge is -2.20. The minimum absolute atomic E-state index is 0.130. The number of anilines is 1. The molecule has 32 heavy (non-hydrogen) atoms. The Labute approximate surface area is 193 Å². The van der Waals surface area contributed by atoms with Crippen molar-refractivity contribution in [2.75, 3.05) is 18.6 Å². The highest BCUT2D eigenvalue weighted by molar-refractivity contribution is 8.15. The fourth-order valence-corrected chi connectivity index (χ4v) is 3.91. The average Bonchev–Trinajstić information content (AvgIpc) is 3.36. The molecule has 2 heterocycles. The highest BCUT2D eigenvalue weighted by Crippen LogP contribution is 2.35. The van der Waals surface area contributed by atoms with Gasteiger partial charge in [0, 0.05) is 12.6 Å². The Morgan fingerprint density at radius 1 is 1.38 bits per heavy atom. The number of methoxy groups -OCH3 is 1. The van der Waals surface area contributed by atoms with Crippen LogP contribution >= 0.6 is 23.4 Å². The number of furan rings is 1. The van der Waals surface area contributed by atoms with E-state index in [1.807, 2.05) is 0 Å². The summed E-state index contributed by atoms with van der Waals surface area (Å²) in [4.78, 5) is 43.0. The molecule has 3 rings (SSSR count). The monoisotopic (exact) mass is 476 g/mol. The van der Waals surface area contributed by atoms with E-state index in [1.165, 1.54) is 24.3 Å². The van der Waals surface area contributed by atoms with E-state index in [4.69, 9.17) is 20.8 Å². The number of aliphatic imine (C=N–C) groups is 1. The van der Waals surface area contributed by atoms with Crippen LogP contribution in [0.25, 0.3) is 6.08 Å². The Hall–Kier alpha value is -3.24. The van der Waals surface area contributed by atoms with Crippen LogP contribution < -0.4 is 20.3 Å². The molecule has 2 aromatic rings. The van der Waals surface area contributed by atoms with Gasteiger partial charge in [-0.1, -0.05) is 23.4 Å². The van der Waals surface area contributed by atoms with Gasteiger partial charge in [-0.05, 0) is 44.2 Å². The zero-order chi connectivity index (χ0) is 23.3. The lowest BCUT2D eigenvalue weighted by Crippen LogP contribution is -2.43. The third-order valence-electron chi connectivity index (χ3n) is 4.27. The Kier molecular flexibility index (Phi) is 7.60. The van der Waals surface area contributed by atoms with Gasteiger partial charge in [-0.15, -0.1) is 0 Å². The number of imide groups is 1. The van der Waals surface area contributed by atoms with E-state index >= 15 is 0 Å². The molecule has 1 aliphatic heterocycles. The first kappa shape index (κ1) is 23.4. The number of amidine groups is 1. The van der Waals surface area contributed by atoms with Gasteiger partial charge >= 0.3 is 6.03 Å². The fraction of sp³-hybridized carbons (Fsp3) is 0.238. The number of rotatable bonds is 6. The van der Waals surface area contributed by atoms with Crippen LogP contribution in [0.4, 0.5) is 10.5 Å². The second kappa shape index (κ2) is 10.4. The smallest absolute Gasteiger partial charge is 0.321 e. The summed E-state index contributed by atoms with van der Waals surface area (Å²) in [6.07, 6.45) is 2.99. The number of hydrogen-bond acceptors (Lipinski definition) is 7. The number of amides is 4. The molecule has 0 spiro atoms. The molecule has 4 amide bonds. The molecule has 168 valence electrons. The van der Waals surface area contributed by atoms with Crippen LogP contribution in [0.15, 0.2) is 51.7 Å². The van der Waals surface area contributed by atoms with E-state index in [1.54, 1.807) is 44.2 Å². The van der Waals surface area contributed by atoms with E-state index in [0.717, 1.165) is 11.8 Å². The van der Waals surface area contributed by atoms with Crippen molar-refractivity contribution in [1.82, 2.24) is 10.6 Å². The Balaban J connectivity index is 1.91. The van der Waals surface area contributed by atoms with Gasteiger partial charge in [-0.2, -0.15) is 0 Å². The van der Waals surface area contributed by atoms with Gasteiger partial charge in [0.25, 0.3) is 5.91 Å². The molecule has 0 bridgehead atoms. The Morgan fingerprint density at radius 3 is 2.78 bits per heavy atom. The molecule has 9 nitrogen and oxygen atoms in total. The van der Waals surface area contributed by atoms with Crippen molar-refractivity contribution < 1.29 is 23.5 Å². The maximum absolute atomic E-state index is 13.2. The first-order chi connectivity index (χ1) is 15.3. The molecule has 0 aliphatic carbocycles. The fourth-order valence-electron chi connectivity index (χ4n) is 2.74. The van der Waals surface area contributed by atoms with Crippen molar-refractivity contribution >= 4 is 58.1 Å². The van der Waals surface area contributed by atoms with E-state index in [9.17, 15) is 14.4 Å². The molecule has 11 heteroatoms. The number of thioether (sulfide) groups is 1. The van der Waals surface area contributed by atoms with Crippen LogP contribution in [0.5, 0.6) is 5.75 Å². The van der Waals surface area contributed by atoms with Gasteiger partial charge in [-0.25, -0.2) is 9.79 Å². The minimum atomic E-state index is -0.719. The van der Waals surface area contributed by atoms with E-state index in [0.29, 0.717) is 28.8 Å². The molecular weight excluding hydrogens is 456 g/mol. The topological polar surface area (TPSA) is 113 Å². The number of carbonyl (C=O) groups excluding carboxylic acids is 3. The highest BCUT2D eigenvalue weighted by Gasteiger charge is 2.35. The summed E-state index contributed by atoms with van der Waals surface area (Å²) in [7, 11) is 1.49. The van der Waals surface area contributed by atoms with Gasteiger partial charge < -0.3 is 14.5 Å². The summed E-state index contributed by atoms with van der Waals surface area (Å²) in [5.41, 5.74) is 0.581. The molecule has 0 radical (unpaired) electrons. The molecule has 0 saturated heterocycles. The van der Waals surface area contributed by atoms with Crippen molar-refractivity contribution in [3.05, 3.63) is 53.1 Å². The predicted octanol–water partition coefficient (Wildman–Crippen LogP) is 3.65. The molecule has 0 unspecified atom stereocenters. The maximum atomic E-state index is 13.2. The molecule has 1 atom stereocenters. The van der Waals surface area contributed by atoms with Crippen LogP contribution in [0, 0.1) is 0 Å². The largest absolute Gasteiger partial charge is 0.495 e. The van der Waals surface area contributed by atoms with Gasteiger partial charge in [0.2, 0.25) is 5.91 Å². The number of nitrogens with zero attached hydrogens (tertiary/aromatic N) is 2. The first-order valence-electron chi connectivity index (χ1n) is 9.61. The van der Waals surface area contributed by atoms with E-state index < -0.39 is 23.1 Å². The van der Waals surface area contributed by atoms with Crippen molar-refractivity contribution in [3.63, 3.8) is 0 Å². The molecular formula is C21H21ClN4O5S. The molecule has 0 saturated carbocycles. The number of nitrogens with one attached hydrogen (secondary N) is 2. The van der Waals surface area contributed by atoms with Crippen LogP contribution in [-0.4, -0.2) is 41.9 Å². The predicted molar refractivity (Wildman–Crippen MR) is 124 cm³/mol. The maximum Gasteiger partial charge on any atom is 0.321 e. The first-order valence-corrected chi connectivity index (χ1v) is 10.9.